The molecule has 4 nitrogen and oxygen atoms in total. The SMILES string of the molecule is CN(Cc1cccc(Cl)c1)c1cn[nH]c(=O)c1Cl. The molecular weight excluding hydrogens is 273 g/mol. The average Bonchev–Trinajstić information content (AvgIpc) is 2.32. The third-order valence-corrected chi connectivity index (χ3v) is 3.10. The van der Waals surface area contributed by atoms with Crippen LogP contribution in [-0.4, -0.2) is 17.2 Å². The molecule has 1 heterocycles. The second-order valence-electron chi connectivity index (χ2n) is 3.88. The van der Waals surface area contributed by atoms with E-state index in [4.69, 9.17) is 23.2 Å². The minimum absolute atomic E-state index is 0.134. The van der Waals surface area contributed by atoms with Crippen molar-refractivity contribution >= 4 is 28.9 Å². The van der Waals surface area contributed by atoms with E-state index in [1.807, 2.05) is 36.2 Å². The van der Waals surface area contributed by atoms with Gasteiger partial charge in [-0.2, -0.15) is 5.10 Å². The third-order valence-electron chi connectivity index (χ3n) is 2.50. The summed E-state index contributed by atoms with van der Waals surface area (Å²) in [7, 11) is 1.84. The maximum atomic E-state index is 11.4. The maximum absolute atomic E-state index is 11.4. The van der Waals surface area contributed by atoms with Gasteiger partial charge in [0.05, 0.1) is 11.9 Å². The molecule has 0 aliphatic carbocycles. The molecule has 0 radical (unpaired) electrons. The molecule has 6 heteroatoms. The smallest absolute Gasteiger partial charge is 0.285 e. The summed E-state index contributed by atoms with van der Waals surface area (Å²) in [6.45, 7) is 0.589. The lowest BCUT2D eigenvalue weighted by atomic mass is 10.2. The number of H-pyrrole nitrogens is 1. The lowest BCUT2D eigenvalue weighted by Crippen LogP contribution is -2.21. The van der Waals surface area contributed by atoms with Crippen LogP contribution >= 0.6 is 23.2 Å². The standard InChI is InChI=1S/C12H11Cl2N3O/c1-17(7-8-3-2-4-9(13)5-8)10-6-15-16-12(18)11(10)14/h2-6H,7H2,1H3,(H,16,18). The molecule has 94 valence electrons. The zero-order valence-corrected chi connectivity index (χ0v) is 11.2. The maximum Gasteiger partial charge on any atom is 0.285 e. The van der Waals surface area contributed by atoms with Crippen LogP contribution in [0.15, 0.2) is 35.3 Å². The van der Waals surface area contributed by atoms with Crippen molar-refractivity contribution < 1.29 is 0 Å². The van der Waals surface area contributed by atoms with Crippen LogP contribution in [0.4, 0.5) is 5.69 Å². The zero-order valence-electron chi connectivity index (χ0n) is 9.65. The topological polar surface area (TPSA) is 49.0 Å². The molecule has 0 aliphatic heterocycles. The van der Waals surface area contributed by atoms with Crippen molar-refractivity contribution in [3.63, 3.8) is 0 Å². The number of hydrogen-bond acceptors (Lipinski definition) is 3. The van der Waals surface area contributed by atoms with Crippen LogP contribution in [0.5, 0.6) is 0 Å². The number of nitrogens with one attached hydrogen (secondary N) is 1. The summed E-state index contributed by atoms with van der Waals surface area (Å²) in [5, 5.41) is 6.83. The highest BCUT2D eigenvalue weighted by atomic mass is 35.5. The molecule has 1 aromatic heterocycles. The van der Waals surface area contributed by atoms with Crippen molar-refractivity contribution in [2.75, 3.05) is 11.9 Å². The quantitative estimate of drug-likeness (QED) is 0.942. The van der Waals surface area contributed by atoms with E-state index in [1.165, 1.54) is 6.20 Å². The summed E-state index contributed by atoms with van der Waals surface area (Å²) in [5.41, 5.74) is 1.22. The molecule has 0 fully saturated rings. The molecular formula is C12H11Cl2N3O. The Balaban J connectivity index is 2.25. The molecule has 0 unspecified atom stereocenters. The van der Waals surface area contributed by atoms with E-state index in [0.29, 0.717) is 17.3 Å². The number of aromatic nitrogens is 2. The van der Waals surface area contributed by atoms with Crippen molar-refractivity contribution in [3.05, 3.63) is 56.4 Å². The molecule has 0 amide bonds. The molecule has 2 rings (SSSR count). The first-order valence-electron chi connectivity index (χ1n) is 5.26. The lowest BCUT2D eigenvalue weighted by molar-refractivity contribution is 0.894. The van der Waals surface area contributed by atoms with E-state index in [1.54, 1.807) is 0 Å². The van der Waals surface area contributed by atoms with Crippen LogP contribution in [0.25, 0.3) is 0 Å². The molecule has 1 aromatic carbocycles. The number of halogens is 2. The van der Waals surface area contributed by atoms with Crippen molar-refractivity contribution in [1.29, 1.82) is 0 Å². The van der Waals surface area contributed by atoms with Gasteiger partial charge in [-0.3, -0.25) is 4.79 Å². The molecule has 1 N–H and O–H groups in total. The Labute approximate surface area is 114 Å². The Kier molecular flexibility index (Phi) is 3.89. The van der Waals surface area contributed by atoms with Crippen LogP contribution in [0.2, 0.25) is 10.0 Å². The van der Waals surface area contributed by atoms with Crippen LogP contribution in [0.1, 0.15) is 5.56 Å². The van der Waals surface area contributed by atoms with Gasteiger partial charge >= 0.3 is 0 Å². The number of hydrogen-bond donors (Lipinski definition) is 1. The summed E-state index contributed by atoms with van der Waals surface area (Å²) in [4.78, 5) is 13.2. The minimum Gasteiger partial charge on any atom is -0.368 e. The normalized spacial score (nSPS) is 10.4. The summed E-state index contributed by atoms with van der Waals surface area (Å²) < 4.78 is 0. The highest BCUT2D eigenvalue weighted by Crippen LogP contribution is 2.21. The molecule has 2 aromatic rings. The first-order chi connectivity index (χ1) is 8.58. The van der Waals surface area contributed by atoms with Gasteiger partial charge in [0.2, 0.25) is 0 Å². The lowest BCUT2D eigenvalue weighted by Gasteiger charge is -2.19. The monoisotopic (exact) mass is 283 g/mol. The highest BCUT2D eigenvalue weighted by molar-refractivity contribution is 6.33. The fraction of sp³-hybridized carbons (Fsp3) is 0.167. The van der Waals surface area contributed by atoms with Gasteiger partial charge in [-0.15, -0.1) is 0 Å². The van der Waals surface area contributed by atoms with E-state index in [9.17, 15) is 4.79 Å². The first-order valence-corrected chi connectivity index (χ1v) is 6.02. The van der Waals surface area contributed by atoms with E-state index in [-0.39, 0.29) is 5.02 Å². The van der Waals surface area contributed by atoms with E-state index in [2.05, 4.69) is 10.2 Å². The predicted octanol–water partition coefficient (Wildman–Crippen LogP) is 2.71. The van der Waals surface area contributed by atoms with Crippen molar-refractivity contribution in [2.45, 2.75) is 6.54 Å². The Hall–Kier alpha value is -1.52. The Morgan fingerprint density at radius 3 is 2.89 bits per heavy atom. The molecule has 0 bridgehead atoms. The average molecular weight is 284 g/mol. The van der Waals surface area contributed by atoms with Gasteiger partial charge in [-0.1, -0.05) is 35.3 Å². The fourth-order valence-electron chi connectivity index (χ4n) is 1.63. The number of aromatic amines is 1. The molecule has 0 saturated heterocycles. The van der Waals surface area contributed by atoms with Crippen molar-refractivity contribution in [1.82, 2.24) is 10.2 Å². The van der Waals surface area contributed by atoms with Crippen LogP contribution in [-0.2, 0) is 6.54 Å². The third kappa shape index (κ3) is 2.83. The van der Waals surface area contributed by atoms with Gasteiger partial charge in [-0.25, -0.2) is 5.10 Å². The Bertz CT molecular complexity index is 612. The fourth-order valence-corrected chi connectivity index (χ4v) is 2.08. The van der Waals surface area contributed by atoms with E-state index >= 15 is 0 Å². The van der Waals surface area contributed by atoms with Crippen molar-refractivity contribution in [3.8, 4) is 0 Å². The summed E-state index contributed by atoms with van der Waals surface area (Å²) in [6, 6.07) is 7.51. The van der Waals surface area contributed by atoms with Gasteiger partial charge in [0, 0.05) is 18.6 Å². The van der Waals surface area contributed by atoms with Gasteiger partial charge in [-0.05, 0) is 17.7 Å². The van der Waals surface area contributed by atoms with Crippen molar-refractivity contribution in [2.24, 2.45) is 0 Å². The summed E-state index contributed by atoms with van der Waals surface area (Å²) in [5.74, 6) is 0. The number of benzene rings is 1. The van der Waals surface area contributed by atoms with Crippen LogP contribution in [0, 0.1) is 0 Å². The van der Waals surface area contributed by atoms with E-state index < -0.39 is 5.56 Å². The largest absolute Gasteiger partial charge is 0.368 e. The zero-order chi connectivity index (χ0) is 13.1. The molecule has 0 spiro atoms. The van der Waals surface area contributed by atoms with Gasteiger partial charge in [0.25, 0.3) is 5.56 Å². The van der Waals surface area contributed by atoms with Gasteiger partial charge < -0.3 is 4.90 Å². The van der Waals surface area contributed by atoms with Gasteiger partial charge in [0.1, 0.15) is 5.02 Å². The first kappa shape index (κ1) is 12.9. The Morgan fingerprint density at radius 1 is 1.39 bits per heavy atom. The second kappa shape index (κ2) is 5.42. The number of anilines is 1. The molecule has 0 saturated carbocycles. The number of nitrogens with zero attached hydrogens (tertiary/aromatic N) is 2. The van der Waals surface area contributed by atoms with Crippen LogP contribution in [0.3, 0.4) is 0 Å². The summed E-state index contributed by atoms with van der Waals surface area (Å²) >= 11 is 11.9. The predicted molar refractivity (Wildman–Crippen MR) is 73.4 cm³/mol. The van der Waals surface area contributed by atoms with E-state index in [0.717, 1.165) is 5.56 Å². The highest BCUT2D eigenvalue weighted by Gasteiger charge is 2.10. The molecule has 18 heavy (non-hydrogen) atoms. The number of rotatable bonds is 3. The van der Waals surface area contributed by atoms with Crippen LogP contribution < -0.4 is 10.5 Å². The van der Waals surface area contributed by atoms with Gasteiger partial charge in [0.15, 0.2) is 0 Å². The molecule has 0 atom stereocenters. The molecule has 0 aliphatic rings. The summed E-state index contributed by atoms with van der Waals surface area (Å²) in [6.07, 6.45) is 1.52. The minimum atomic E-state index is -0.396. The second-order valence-corrected chi connectivity index (χ2v) is 4.70. The Morgan fingerprint density at radius 2 is 2.17 bits per heavy atom.